The summed E-state index contributed by atoms with van der Waals surface area (Å²) in [6.07, 6.45) is 3.81. The summed E-state index contributed by atoms with van der Waals surface area (Å²) in [6, 6.07) is 7.78. The van der Waals surface area contributed by atoms with Gasteiger partial charge in [0.25, 0.3) is 0 Å². The predicted molar refractivity (Wildman–Crippen MR) is 68.8 cm³/mol. The van der Waals surface area contributed by atoms with Gasteiger partial charge in [0, 0.05) is 12.6 Å². The molecule has 0 amide bonds. The Balaban J connectivity index is 1.66. The Morgan fingerprint density at radius 2 is 1.94 bits per heavy atom. The highest BCUT2D eigenvalue weighted by Crippen LogP contribution is 2.19. The maximum absolute atomic E-state index is 5.70. The van der Waals surface area contributed by atoms with Gasteiger partial charge in [0.05, 0.1) is 13.7 Å². The van der Waals surface area contributed by atoms with Gasteiger partial charge in [-0.15, -0.1) is 0 Å². The zero-order chi connectivity index (χ0) is 11.9. The molecule has 0 radical (unpaired) electrons. The molecule has 0 saturated carbocycles. The van der Waals surface area contributed by atoms with Crippen LogP contribution in [0.25, 0.3) is 0 Å². The number of likely N-dealkylation sites (tertiary alicyclic amines) is 1. The second kappa shape index (κ2) is 6.50. The number of benzene rings is 1. The SMILES string of the molecule is COc1cccc(OCCCN2CCCC2)c1. The van der Waals surface area contributed by atoms with Gasteiger partial charge in [-0.25, -0.2) is 0 Å². The van der Waals surface area contributed by atoms with Gasteiger partial charge in [0.2, 0.25) is 0 Å². The summed E-state index contributed by atoms with van der Waals surface area (Å²) in [5, 5.41) is 0. The predicted octanol–water partition coefficient (Wildman–Crippen LogP) is 2.56. The fourth-order valence-electron chi connectivity index (χ4n) is 2.18. The van der Waals surface area contributed by atoms with Crippen LogP contribution in [0.3, 0.4) is 0 Å². The molecule has 94 valence electrons. The summed E-state index contributed by atoms with van der Waals surface area (Å²) in [5.41, 5.74) is 0. The Morgan fingerprint density at radius 3 is 2.71 bits per heavy atom. The number of ether oxygens (including phenoxy) is 2. The lowest BCUT2D eigenvalue weighted by Crippen LogP contribution is -2.21. The minimum absolute atomic E-state index is 0.781. The Labute approximate surface area is 103 Å². The van der Waals surface area contributed by atoms with E-state index < -0.39 is 0 Å². The summed E-state index contributed by atoms with van der Waals surface area (Å²) in [6.45, 7) is 4.46. The molecule has 17 heavy (non-hydrogen) atoms. The molecule has 3 nitrogen and oxygen atoms in total. The van der Waals surface area contributed by atoms with Gasteiger partial charge in [-0.3, -0.25) is 0 Å². The van der Waals surface area contributed by atoms with Crippen LogP contribution in [-0.2, 0) is 0 Å². The molecule has 1 aliphatic rings. The van der Waals surface area contributed by atoms with E-state index >= 15 is 0 Å². The first-order valence-electron chi connectivity index (χ1n) is 6.38. The van der Waals surface area contributed by atoms with Gasteiger partial charge in [0.15, 0.2) is 0 Å². The van der Waals surface area contributed by atoms with Crippen molar-refractivity contribution >= 4 is 0 Å². The van der Waals surface area contributed by atoms with Gasteiger partial charge in [-0.1, -0.05) is 6.07 Å². The molecule has 1 aliphatic heterocycles. The van der Waals surface area contributed by atoms with Crippen molar-refractivity contribution in [3.05, 3.63) is 24.3 Å². The summed E-state index contributed by atoms with van der Waals surface area (Å²) in [5.74, 6) is 1.74. The maximum atomic E-state index is 5.70. The third-order valence-corrected chi connectivity index (χ3v) is 3.13. The smallest absolute Gasteiger partial charge is 0.122 e. The minimum Gasteiger partial charge on any atom is -0.497 e. The number of nitrogens with zero attached hydrogens (tertiary/aromatic N) is 1. The van der Waals surface area contributed by atoms with Crippen molar-refractivity contribution in [1.29, 1.82) is 0 Å². The Kier molecular flexibility index (Phi) is 4.68. The topological polar surface area (TPSA) is 21.7 Å². The van der Waals surface area contributed by atoms with Crippen molar-refractivity contribution in [3.63, 3.8) is 0 Å². The average molecular weight is 235 g/mol. The average Bonchev–Trinajstić information content (AvgIpc) is 2.88. The van der Waals surface area contributed by atoms with E-state index in [2.05, 4.69) is 4.90 Å². The second-order valence-corrected chi connectivity index (χ2v) is 4.43. The zero-order valence-electron chi connectivity index (χ0n) is 10.5. The van der Waals surface area contributed by atoms with Gasteiger partial charge >= 0.3 is 0 Å². The molecule has 0 aromatic heterocycles. The molecule has 0 unspecified atom stereocenters. The molecule has 0 spiro atoms. The van der Waals surface area contributed by atoms with Crippen LogP contribution < -0.4 is 9.47 Å². The molecule has 1 saturated heterocycles. The second-order valence-electron chi connectivity index (χ2n) is 4.43. The van der Waals surface area contributed by atoms with Crippen LogP contribution in [-0.4, -0.2) is 38.3 Å². The molecule has 0 aliphatic carbocycles. The monoisotopic (exact) mass is 235 g/mol. The zero-order valence-corrected chi connectivity index (χ0v) is 10.5. The van der Waals surface area contributed by atoms with Gasteiger partial charge in [-0.05, 0) is 44.5 Å². The highest BCUT2D eigenvalue weighted by molar-refractivity contribution is 5.32. The quantitative estimate of drug-likeness (QED) is 0.707. The fraction of sp³-hybridized carbons (Fsp3) is 0.571. The van der Waals surface area contributed by atoms with Crippen LogP contribution in [0.1, 0.15) is 19.3 Å². The standard InChI is InChI=1S/C14H21NO2/c1-16-13-6-4-7-14(12-13)17-11-5-10-15-8-2-3-9-15/h4,6-7,12H,2-3,5,8-11H2,1H3. The van der Waals surface area contributed by atoms with E-state index in [1.54, 1.807) is 7.11 Å². The number of hydrogen-bond acceptors (Lipinski definition) is 3. The number of hydrogen-bond donors (Lipinski definition) is 0. The normalized spacial score (nSPS) is 16.1. The molecule has 1 aromatic carbocycles. The Bertz CT molecular complexity index is 335. The van der Waals surface area contributed by atoms with Crippen LogP contribution in [0, 0.1) is 0 Å². The van der Waals surface area contributed by atoms with Crippen molar-refractivity contribution in [2.45, 2.75) is 19.3 Å². The number of rotatable bonds is 6. The van der Waals surface area contributed by atoms with Crippen LogP contribution in [0.5, 0.6) is 11.5 Å². The van der Waals surface area contributed by atoms with Crippen molar-refractivity contribution in [2.24, 2.45) is 0 Å². The number of methoxy groups -OCH3 is 1. The van der Waals surface area contributed by atoms with Crippen molar-refractivity contribution in [3.8, 4) is 11.5 Å². The van der Waals surface area contributed by atoms with Crippen LogP contribution in [0.15, 0.2) is 24.3 Å². The van der Waals surface area contributed by atoms with Gasteiger partial charge < -0.3 is 14.4 Å². The fourth-order valence-corrected chi connectivity index (χ4v) is 2.18. The first-order chi connectivity index (χ1) is 8.38. The van der Waals surface area contributed by atoms with Crippen molar-refractivity contribution < 1.29 is 9.47 Å². The van der Waals surface area contributed by atoms with Crippen LogP contribution in [0.2, 0.25) is 0 Å². The van der Waals surface area contributed by atoms with E-state index in [4.69, 9.17) is 9.47 Å². The summed E-state index contributed by atoms with van der Waals surface area (Å²) < 4.78 is 10.9. The first-order valence-corrected chi connectivity index (χ1v) is 6.38. The highest BCUT2D eigenvalue weighted by atomic mass is 16.5. The maximum Gasteiger partial charge on any atom is 0.122 e. The van der Waals surface area contributed by atoms with E-state index in [9.17, 15) is 0 Å². The van der Waals surface area contributed by atoms with Crippen molar-refractivity contribution in [1.82, 2.24) is 4.90 Å². The molecule has 0 N–H and O–H groups in total. The van der Waals surface area contributed by atoms with Gasteiger partial charge in [0.1, 0.15) is 11.5 Å². The highest BCUT2D eigenvalue weighted by Gasteiger charge is 2.10. The van der Waals surface area contributed by atoms with E-state index in [-0.39, 0.29) is 0 Å². The lowest BCUT2D eigenvalue weighted by molar-refractivity contribution is 0.262. The third kappa shape index (κ3) is 3.93. The molecule has 1 heterocycles. The lowest BCUT2D eigenvalue weighted by atomic mass is 10.3. The Hall–Kier alpha value is -1.22. The molecule has 2 rings (SSSR count). The molecule has 3 heteroatoms. The van der Waals surface area contributed by atoms with Crippen LogP contribution >= 0.6 is 0 Å². The molecule has 0 atom stereocenters. The lowest BCUT2D eigenvalue weighted by Gasteiger charge is -2.14. The largest absolute Gasteiger partial charge is 0.497 e. The van der Waals surface area contributed by atoms with Crippen LogP contribution in [0.4, 0.5) is 0 Å². The molecule has 1 aromatic rings. The molecule has 0 bridgehead atoms. The summed E-state index contributed by atoms with van der Waals surface area (Å²) >= 11 is 0. The van der Waals surface area contributed by atoms with E-state index in [1.165, 1.54) is 25.9 Å². The van der Waals surface area contributed by atoms with E-state index in [0.717, 1.165) is 31.1 Å². The summed E-state index contributed by atoms with van der Waals surface area (Å²) in [4.78, 5) is 2.51. The summed E-state index contributed by atoms with van der Waals surface area (Å²) in [7, 11) is 1.67. The third-order valence-electron chi connectivity index (χ3n) is 3.13. The van der Waals surface area contributed by atoms with E-state index in [1.807, 2.05) is 24.3 Å². The molecular formula is C14H21NO2. The van der Waals surface area contributed by atoms with Gasteiger partial charge in [-0.2, -0.15) is 0 Å². The minimum atomic E-state index is 0.781. The Morgan fingerprint density at radius 1 is 1.18 bits per heavy atom. The molecule has 1 fully saturated rings. The van der Waals surface area contributed by atoms with E-state index in [0.29, 0.717) is 0 Å². The first kappa shape index (κ1) is 12.2. The molecular weight excluding hydrogens is 214 g/mol. The van der Waals surface area contributed by atoms with Crippen molar-refractivity contribution in [2.75, 3.05) is 33.4 Å².